The standard InChI is InChI=1S/C40H77NO6/c1-8-12-16-18-25-35(23-14-10-3)31-40(39(44)45,32-36(24-15-11-4)26-19-17-13-9-2)29-22-28-37(42)46-33-34(5)47-38(43)27-20-21-30-41(6)7/h34-36H,8-33H2,1-7H3,(H,44,45). The van der Waals surface area contributed by atoms with Crippen molar-refractivity contribution >= 4 is 17.9 Å². The number of carbonyl (C=O) groups is 3. The topological polar surface area (TPSA) is 93.1 Å². The average molecular weight is 668 g/mol. The SMILES string of the molecule is CCCCCCC(CCCC)CC(CCCC(=O)OCC(C)OC(=O)CCCCN(C)C)(CC(CCCC)CCCCCC)C(=O)O. The van der Waals surface area contributed by atoms with Crippen molar-refractivity contribution in [2.24, 2.45) is 17.3 Å². The summed E-state index contributed by atoms with van der Waals surface area (Å²) in [6.45, 7) is 11.6. The fraction of sp³-hybridized carbons (Fsp3) is 0.925. The van der Waals surface area contributed by atoms with Crippen LogP contribution in [0.3, 0.4) is 0 Å². The third-order valence-corrected chi connectivity index (χ3v) is 9.76. The summed E-state index contributed by atoms with van der Waals surface area (Å²) >= 11 is 0. The van der Waals surface area contributed by atoms with Crippen molar-refractivity contribution < 1.29 is 29.0 Å². The van der Waals surface area contributed by atoms with E-state index in [0.717, 1.165) is 70.8 Å². The molecule has 0 bridgehead atoms. The van der Waals surface area contributed by atoms with Crippen LogP contribution < -0.4 is 0 Å². The van der Waals surface area contributed by atoms with Crippen molar-refractivity contribution in [2.75, 3.05) is 27.2 Å². The minimum atomic E-state index is -0.817. The van der Waals surface area contributed by atoms with E-state index in [9.17, 15) is 19.5 Å². The first-order valence-electron chi connectivity index (χ1n) is 19.8. The van der Waals surface area contributed by atoms with Crippen molar-refractivity contribution in [3.63, 3.8) is 0 Å². The van der Waals surface area contributed by atoms with E-state index >= 15 is 0 Å². The van der Waals surface area contributed by atoms with Gasteiger partial charge in [-0.2, -0.15) is 0 Å². The lowest BCUT2D eigenvalue weighted by Gasteiger charge is -2.37. The Labute approximate surface area is 290 Å². The van der Waals surface area contributed by atoms with Gasteiger partial charge < -0.3 is 19.5 Å². The Bertz CT molecular complexity index is 759. The van der Waals surface area contributed by atoms with Crippen LogP contribution in [-0.2, 0) is 23.9 Å². The molecule has 0 radical (unpaired) electrons. The number of hydrogen-bond acceptors (Lipinski definition) is 6. The second-order valence-corrected chi connectivity index (χ2v) is 14.8. The van der Waals surface area contributed by atoms with E-state index < -0.39 is 17.5 Å². The summed E-state index contributed by atoms with van der Waals surface area (Å²) in [4.78, 5) is 40.4. The van der Waals surface area contributed by atoms with Gasteiger partial charge in [0.25, 0.3) is 0 Å². The van der Waals surface area contributed by atoms with Gasteiger partial charge in [-0.05, 0) is 77.9 Å². The Balaban J connectivity index is 5.52. The third-order valence-electron chi connectivity index (χ3n) is 9.76. The zero-order valence-electron chi connectivity index (χ0n) is 32.1. The normalized spacial score (nSPS) is 14.8. The van der Waals surface area contributed by atoms with Crippen molar-refractivity contribution in [3.05, 3.63) is 0 Å². The van der Waals surface area contributed by atoms with E-state index in [4.69, 9.17) is 9.47 Å². The van der Waals surface area contributed by atoms with E-state index in [1.54, 1.807) is 6.92 Å². The lowest BCUT2D eigenvalue weighted by molar-refractivity contribution is -0.158. The molecule has 0 amide bonds. The molecule has 0 aliphatic heterocycles. The number of rotatable bonds is 33. The van der Waals surface area contributed by atoms with E-state index in [2.05, 4.69) is 32.6 Å². The van der Waals surface area contributed by atoms with E-state index in [1.165, 1.54) is 51.4 Å². The molecule has 3 unspecified atom stereocenters. The van der Waals surface area contributed by atoms with Gasteiger partial charge in [-0.1, -0.05) is 130 Å². The molecule has 7 heteroatoms. The minimum absolute atomic E-state index is 0.0278. The minimum Gasteiger partial charge on any atom is -0.481 e. The summed E-state index contributed by atoms with van der Waals surface area (Å²) in [7, 11) is 4.02. The van der Waals surface area contributed by atoms with E-state index in [1.807, 2.05) is 14.1 Å². The number of unbranched alkanes of at least 4 members (excludes halogenated alkanes) is 9. The van der Waals surface area contributed by atoms with Crippen molar-refractivity contribution in [3.8, 4) is 0 Å². The summed E-state index contributed by atoms with van der Waals surface area (Å²) in [5, 5.41) is 11.0. The fourth-order valence-corrected chi connectivity index (χ4v) is 6.94. The van der Waals surface area contributed by atoms with Crippen LogP contribution in [0.25, 0.3) is 0 Å². The van der Waals surface area contributed by atoms with E-state index in [0.29, 0.717) is 43.9 Å². The third kappa shape index (κ3) is 24.2. The molecule has 0 heterocycles. The predicted molar refractivity (Wildman–Crippen MR) is 196 cm³/mol. The maximum Gasteiger partial charge on any atom is 0.309 e. The first-order valence-corrected chi connectivity index (χ1v) is 19.8. The molecule has 278 valence electrons. The summed E-state index contributed by atoms with van der Waals surface area (Å²) in [6, 6.07) is 0. The average Bonchev–Trinajstić information content (AvgIpc) is 3.03. The summed E-state index contributed by atoms with van der Waals surface area (Å²) in [5.41, 5.74) is -0.817. The second kappa shape index (κ2) is 29.3. The highest BCUT2D eigenvalue weighted by Crippen LogP contribution is 2.44. The molecule has 0 aliphatic carbocycles. The van der Waals surface area contributed by atoms with Crippen LogP contribution in [-0.4, -0.2) is 61.3 Å². The monoisotopic (exact) mass is 668 g/mol. The molecule has 0 aromatic rings. The van der Waals surface area contributed by atoms with Crippen molar-refractivity contribution in [1.82, 2.24) is 4.90 Å². The van der Waals surface area contributed by atoms with Gasteiger partial charge in [-0.25, -0.2) is 0 Å². The molecular weight excluding hydrogens is 590 g/mol. The van der Waals surface area contributed by atoms with Gasteiger partial charge in [0, 0.05) is 12.8 Å². The molecule has 7 nitrogen and oxygen atoms in total. The van der Waals surface area contributed by atoms with Crippen LogP contribution >= 0.6 is 0 Å². The molecule has 0 aromatic heterocycles. The van der Waals surface area contributed by atoms with E-state index in [-0.39, 0.29) is 25.0 Å². The number of aliphatic carboxylic acids is 1. The molecule has 1 N–H and O–H groups in total. The Morgan fingerprint density at radius 3 is 1.60 bits per heavy atom. The number of carboxylic acids is 1. The second-order valence-electron chi connectivity index (χ2n) is 14.8. The Morgan fingerprint density at radius 1 is 0.638 bits per heavy atom. The molecule has 0 spiro atoms. The number of hydrogen-bond donors (Lipinski definition) is 1. The van der Waals surface area contributed by atoms with Gasteiger partial charge in [-0.3, -0.25) is 14.4 Å². The highest BCUT2D eigenvalue weighted by molar-refractivity contribution is 5.75. The molecule has 0 fully saturated rings. The van der Waals surface area contributed by atoms with Gasteiger partial charge >= 0.3 is 17.9 Å². The molecule has 47 heavy (non-hydrogen) atoms. The van der Waals surface area contributed by atoms with Gasteiger partial charge in [0.15, 0.2) is 0 Å². The molecular formula is C40H77NO6. The molecule has 0 aliphatic rings. The van der Waals surface area contributed by atoms with Crippen LogP contribution in [0.4, 0.5) is 0 Å². The molecule has 0 aromatic carbocycles. The first kappa shape index (κ1) is 45.4. The van der Waals surface area contributed by atoms with Gasteiger partial charge in [-0.15, -0.1) is 0 Å². The maximum atomic E-state index is 13.3. The van der Waals surface area contributed by atoms with Crippen LogP contribution in [0, 0.1) is 17.3 Å². The zero-order chi connectivity index (χ0) is 35.3. The van der Waals surface area contributed by atoms with Gasteiger partial charge in [0.05, 0.1) is 5.41 Å². The number of carboxylic acid groups (broad SMARTS) is 1. The Morgan fingerprint density at radius 2 is 1.13 bits per heavy atom. The zero-order valence-corrected chi connectivity index (χ0v) is 32.1. The number of nitrogens with zero attached hydrogens (tertiary/aromatic N) is 1. The first-order chi connectivity index (χ1) is 22.5. The molecule has 0 rings (SSSR count). The highest BCUT2D eigenvalue weighted by Gasteiger charge is 2.41. The van der Waals surface area contributed by atoms with Crippen LogP contribution in [0.5, 0.6) is 0 Å². The van der Waals surface area contributed by atoms with Gasteiger partial charge in [0.2, 0.25) is 0 Å². The summed E-state index contributed by atoms with van der Waals surface area (Å²) in [6.07, 6.45) is 22.7. The lowest BCUT2D eigenvalue weighted by atomic mass is 9.67. The smallest absolute Gasteiger partial charge is 0.309 e. The number of esters is 2. The maximum absolute atomic E-state index is 13.3. The summed E-state index contributed by atoms with van der Waals surface area (Å²) < 4.78 is 10.9. The van der Waals surface area contributed by atoms with Gasteiger partial charge in [0.1, 0.15) is 12.7 Å². The number of carbonyl (C=O) groups excluding carboxylic acids is 2. The Hall–Kier alpha value is -1.63. The molecule has 3 atom stereocenters. The van der Waals surface area contributed by atoms with Crippen molar-refractivity contribution in [1.29, 1.82) is 0 Å². The molecule has 0 saturated carbocycles. The van der Waals surface area contributed by atoms with Crippen molar-refractivity contribution in [2.45, 2.75) is 195 Å². The lowest BCUT2D eigenvalue weighted by Crippen LogP contribution is -2.36. The van der Waals surface area contributed by atoms with Crippen LogP contribution in [0.1, 0.15) is 189 Å². The fourth-order valence-electron chi connectivity index (χ4n) is 6.94. The number of ether oxygens (including phenoxy) is 2. The quantitative estimate of drug-likeness (QED) is 0.0550. The highest BCUT2D eigenvalue weighted by atomic mass is 16.6. The summed E-state index contributed by atoms with van der Waals surface area (Å²) in [5.74, 6) is -0.483. The van der Waals surface area contributed by atoms with Crippen LogP contribution in [0.15, 0.2) is 0 Å². The molecule has 0 saturated heterocycles. The predicted octanol–water partition coefficient (Wildman–Crippen LogP) is 10.8. The largest absolute Gasteiger partial charge is 0.481 e. The Kier molecular flexibility index (Phi) is 28.3. The van der Waals surface area contributed by atoms with Crippen LogP contribution in [0.2, 0.25) is 0 Å².